The Bertz CT molecular complexity index is 214. The number of hydrogen-bond donors (Lipinski definition) is 3. The Morgan fingerprint density at radius 1 is 1.42 bits per heavy atom. The first-order chi connectivity index (χ1) is 5.95. The Balaban J connectivity index is 1.56. The van der Waals surface area contributed by atoms with Gasteiger partial charge < -0.3 is 15.6 Å². The molecule has 1 aromatic rings. The summed E-state index contributed by atoms with van der Waals surface area (Å²) in [5, 5.41) is 6.76. The number of aromatic amines is 1. The molecule has 1 aliphatic carbocycles. The highest BCUT2D eigenvalue weighted by molar-refractivity contribution is 5.40. The fourth-order valence-corrected chi connectivity index (χ4v) is 1.20. The van der Waals surface area contributed by atoms with Crippen molar-refractivity contribution in [3.8, 4) is 0 Å². The lowest BCUT2D eigenvalue weighted by molar-refractivity contribution is 0.701. The zero-order valence-electron chi connectivity index (χ0n) is 7.14. The van der Waals surface area contributed by atoms with Gasteiger partial charge in [0.1, 0.15) is 0 Å². The highest BCUT2D eigenvalue weighted by atomic mass is 15.0. The second-order valence-electron chi connectivity index (χ2n) is 3.25. The van der Waals surface area contributed by atoms with Crippen LogP contribution in [0.3, 0.4) is 0 Å². The van der Waals surface area contributed by atoms with E-state index in [0.717, 1.165) is 19.1 Å². The number of nitrogens with one attached hydrogen (secondary N) is 3. The average Bonchev–Trinajstić information content (AvgIpc) is 2.76. The number of hydrogen-bond acceptors (Lipinski definition) is 2. The van der Waals surface area contributed by atoms with Crippen LogP contribution in [0.25, 0.3) is 0 Å². The highest BCUT2D eigenvalue weighted by Crippen LogP contribution is 2.17. The lowest BCUT2D eigenvalue weighted by Crippen LogP contribution is -2.23. The monoisotopic (exact) mass is 165 g/mol. The van der Waals surface area contributed by atoms with Crippen molar-refractivity contribution in [2.24, 2.45) is 0 Å². The maximum Gasteiger partial charge on any atom is 0.0518 e. The minimum Gasteiger partial charge on any atom is -0.383 e. The minimum absolute atomic E-state index is 0.818. The van der Waals surface area contributed by atoms with Crippen molar-refractivity contribution in [1.29, 1.82) is 0 Å². The molecule has 0 amide bonds. The van der Waals surface area contributed by atoms with Gasteiger partial charge in [-0.3, -0.25) is 0 Å². The zero-order valence-corrected chi connectivity index (χ0v) is 7.14. The Hall–Kier alpha value is -0.960. The van der Waals surface area contributed by atoms with Crippen molar-refractivity contribution in [1.82, 2.24) is 10.3 Å². The number of H-pyrrole nitrogens is 1. The van der Waals surface area contributed by atoms with Gasteiger partial charge in [-0.15, -0.1) is 0 Å². The molecule has 1 heterocycles. The average molecular weight is 165 g/mol. The van der Waals surface area contributed by atoms with E-state index in [1.165, 1.54) is 18.5 Å². The largest absolute Gasteiger partial charge is 0.383 e. The number of aromatic nitrogens is 1. The quantitative estimate of drug-likeness (QED) is 0.573. The summed E-state index contributed by atoms with van der Waals surface area (Å²) in [6.45, 7) is 2.07. The predicted molar refractivity (Wildman–Crippen MR) is 50.3 cm³/mol. The van der Waals surface area contributed by atoms with Crippen LogP contribution in [0.4, 0.5) is 5.69 Å². The maximum atomic E-state index is 3.45. The van der Waals surface area contributed by atoms with Crippen molar-refractivity contribution >= 4 is 5.69 Å². The van der Waals surface area contributed by atoms with Crippen LogP contribution < -0.4 is 10.6 Å². The molecule has 0 atom stereocenters. The smallest absolute Gasteiger partial charge is 0.0518 e. The fraction of sp³-hybridized carbons (Fsp3) is 0.556. The molecule has 0 bridgehead atoms. The molecule has 0 aromatic carbocycles. The van der Waals surface area contributed by atoms with Crippen LogP contribution in [0.1, 0.15) is 12.8 Å². The molecule has 66 valence electrons. The molecule has 3 N–H and O–H groups in total. The number of anilines is 1. The van der Waals surface area contributed by atoms with Gasteiger partial charge in [0, 0.05) is 31.5 Å². The summed E-state index contributed by atoms with van der Waals surface area (Å²) in [7, 11) is 0. The van der Waals surface area contributed by atoms with Gasteiger partial charge in [-0.25, -0.2) is 0 Å². The first kappa shape index (κ1) is 7.68. The summed E-state index contributed by atoms with van der Waals surface area (Å²) >= 11 is 0. The van der Waals surface area contributed by atoms with E-state index < -0.39 is 0 Å². The molecule has 0 aliphatic heterocycles. The lowest BCUT2D eigenvalue weighted by Gasteiger charge is -2.03. The molecule has 3 heteroatoms. The Morgan fingerprint density at radius 3 is 3.00 bits per heavy atom. The molecule has 1 aromatic heterocycles. The van der Waals surface area contributed by atoms with Crippen LogP contribution >= 0.6 is 0 Å². The molecule has 1 fully saturated rings. The van der Waals surface area contributed by atoms with Gasteiger partial charge in [-0.1, -0.05) is 0 Å². The van der Waals surface area contributed by atoms with Crippen LogP contribution in [0.5, 0.6) is 0 Å². The van der Waals surface area contributed by atoms with E-state index >= 15 is 0 Å². The lowest BCUT2D eigenvalue weighted by atomic mass is 10.5. The highest BCUT2D eigenvalue weighted by Gasteiger charge is 2.19. The summed E-state index contributed by atoms with van der Waals surface area (Å²) in [5.41, 5.74) is 1.17. The third kappa shape index (κ3) is 2.27. The maximum absolute atomic E-state index is 3.45. The Kier molecular flexibility index (Phi) is 2.32. The van der Waals surface area contributed by atoms with Crippen LogP contribution in [0, 0.1) is 0 Å². The topological polar surface area (TPSA) is 39.8 Å². The molecule has 0 radical (unpaired) electrons. The molecule has 0 saturated heterocycles. The first-order valence-electron chi connectivity index (χ1n) is 4.55. The van der Waals surface area contributed by atoms with Gasteiger partial charge in [0.25, 0.3) is 0 Å². The molecular weight excluding hydrogens is 150 g/mol. The molecule has 2 rings (SSSR count). The van der Waals surface area contributed by atoms with E-state index in [-0.39, 0.29) is 0 Å². The summed E-state index contributed by atoms with van der Waals surface area (Å²) in [5.74, 6) is 0. The predicted octanol–water partition coefficient (Wildman–Crippen LogP) is 1.18. The minimum atomic E-state index is 0.818. The zero-order chi connectivity index (χ0) is 8.23. The van der Waals surface area contributed by atoms with E-state index in [1.807, 2.05) is 18.5 Å². The van der Waals surface area contributed by atoms with Gasteiger partial charge in [0.05, 0.1) is 5.69 Å². The van der Waals surface area contributed by atoms with E-state index in [4.69, 9.17) is 0 Å². The van der Waals surface area contributed by atoms with Gasteiger partial charge in [0.15, 0.2) is 0 Å². The van der Waals surface area contributed by atoms with Gasteiger partial charge in [0.2, 0.25) is 0 Å². The molecule has 12 heavy (non-hydrogen) atoms. The normalized spacial score (nSPS) is 16.3. The second kappa shape index (κ2) is 3.63. The van der Waals surface area contributed by atoms with Crippen molar-refractivity contribution in [2.75, 3.05) is 18.4 Å². The van der Waals surface area contributed by atoms with Gasteiger partial charge in [-0.2, -0.15) is 0 Å². The van der Waals surface area contributed by atoms with E-state index in [1.54, 1.807) is 0 Å². The van der Waals surface area contributed by atoms with Crippen molar-refractivity contribution in [3.63, 3.8) is 0 Å². The van der Waals surface area contributed by atoms with E-state index in [0.29, 0.717) is 0 Å². The third-order valence-corrected chi connectivity index (χ3v) is 2.06. The molecular formula is C9H15N3. The standard InChI is InChI=1S/C9H15N3/c1-2-8(1)11-5-6-12-9-3-4-10-7-9/h3-4,7-8,10-12H,1-2,5-6H2. The Morgan fingerprint density at radius 2 is 2.33 bits per heavy atom. The summed E-state index contributed by atoms with van der Waals surface area (Å²) < 4.78 is 0. The SMILES string of the molecule is c1cc(NCCNC2CC2)c[nH]1. The fourth-order valence-electron chi connectivity index (χ4n) is 1.20. The number of rotatable bonds is 5. The second-order valence-corrected chi connectivity index (χ2v) is 3.25. The van der Waals surface area contributed by atoms with Crippen LogP contribution in [-0.2, 0) is 0 Å². The van der Waals surface area contributed by atoms with E-state index in [9.17, 15) is 0 Å². The molecule has 1 saturated carbocycles. The summed E-state index contributed by atoms with van der Waals surface area (Å²) in [4.78, 5) is 3.01. The van der Waals surface area contributed by atoms with Gasteiger partial charge >= 0.3 is 0 Å². The molecule has 3 nitrogen and oxygen atoms in total. The van der Waals surface area contributed by atoms with Crippen molar-refractivity contribution in [3.05, 3.63) is 18.5 Å². The van der Waals surface area contributed by atoms with Gasteiger partial charge in [-0.05, 0) is 18.9 Å². The molecule has 1 aliphatic rings. The first-order valence-corrected chi connectivity index (χ1v) is 4.55. The van der Waals surface area contributed by atoms with E-state index in [2.05, 4.69) is 15.6 Å². The van der Waals surface area contributed by atoms with Crippen molar-refractivity contribution in [2.45, 2.75) is 18.9 Å². The van der Waals surface area contributed by atoms with Crippen molar-refractivity contribution < 1.29 is 0 Å². The molecule has 0 unspecified atom stereocenters. The van der Waals surface area contributed by atoms with Crippen LogP contribution in [0.15, 0.2) is 18.5 Å². The summed E-state index contributed by atoms with van der Waals surface area (Å²) in [6, 6.07) is 2.86. The van der Waals surface area contributed by atoms with Crippen LogP contribution in [0.2, 0.25) is 0 Å². The summed E-state index contributed by atoms with van der Waals surface area (Å²) in [6.07, 6.45) is 6.63. The molecule has 0 spiro atoms. The third-order valence-electron chi connectivity index (χ3n) is 2.06. The van der Waals surface area contributed by atoms with Crippen LogP contribution in [-0.4, -0.2) is 24.1 Å². The Labute approximate surface area is 72.6 Å².